The molecule has 0 unspecified atom stereocenters. The van der Waals surface area contributed by atoms with Crippen molar-refractivity contribution in [3.8, 4) is 0 Å². The Hall–Kier alpha value is -1.63. The van der Waals surface area contributed by atoms with Crippen molar-refractivity contribution in [2.45, 2.75) is 36.4 Å². The van der Waals surface area contributed by atoms with Crippen molar-refractivity contribution in [3.05, 3.63) is 35.8 Å². The summed E-state index contributed by atoms with van der Waals surface area (Å²) in [5, 5.41) is 3.18. The van der Waals surface area contributed by atoms with Crippen LogP contribution >= 0.6 is 11.8 Å². The van der Waals surface area contributed by atoms with Gasteiger partial charge in [0.1, 0.15) is 16.6 Å². The van der Waals surface area contributed by atoms with Crippen LogP contribution in [0.4, 0.5) is 19.0 Å². The smallest absolute Gasteiger partial charge is 0.416 e. The standard InChI is InChI=1S/C14H15F3N2OS/c1-3-5-18-12-7-10(14(15,16)17)8-13(19-12)21-11-4-6-20-9(11)2/h4,6-8H,3,5H2,1-2H3,(H,18,19). The van der Waals surface area contributed by atoms with E-state index < -0.39 is 11.7 Å². The van der Waals surface area contributed by atoms with Crippen molar-refractivity contribution in [1.29, 1.82) is 0 Å². The molecule has 0 bridgehead atoms. The summed E-state index contributed by atoms with van der Waals surface area (Å²) in [7, 11) is 0. The Bertz CT molecular complexity index is 611. The molecule has 1 N–H and O–H groups in total. The number of hydrogen-bond donors (Lipinski definition) is 1. The van der Waals surface area contributed by atoms with E-state index in [1.807, 2.05) is 6.92 Å². The molecule has 2 aromatic heterocycles. The van der Waals surface area contributed by atoms with Crippen molar-refractivity contribution >= 4 is 17.6 Å². The lowest BCUT2D eigenvalue weighted by Crippen LogP contribution is -2.09. The monoisotopic (exact) mass is 316 g/mol. The second-order valence-corrected chi connectivity index (χ2v) is 5.51. The molecule has 0 fully saturated rings. The number of aryl methyl sites for hydroxylation is 1. The maximum absolute atomic E-state index is 12.9. The van der Waals surface area contributed by atoms with Gasteiger partial charge in [0.2, 0.25) is 0 Å². The molecule has 2 aromatic rings. The molecule has 0 aromatic carbocycles. The first-order valence-electron chi connectivity index (χ1n) is 6.45. The van der Waals surface area contributed by atoms with Crippen LogP contribution in [-0.4, -0.2) is 11.5 Å². The number of nitrogens with one attached hydrogen (secondary N) is 1. The summed E-state index contributed by atoms with van der Waals surface area (Å²) in [6.45, 7) is 4.26. The molecule has 3 nitrogen and oxygen atoms in total. The van der Waals surface area contributed by atoms with Gasteiger partial charge in [0, 0.05) is 6.54 Å². The third-order valence-corrected chi connectivity index (χ3v) is 3.77. The van der Waals surface area contributed by atoms with E-state index in [2.05, 4.69) is 10.3 Å². The third kappa shape index (κ3) is 4.17. The molecule has 0 atom stereocenters. The van der Waals surface area contributed by atoms with Gasteiger partial charge in [-0.05, 0) is 31.5 Å². The number of furan rings is 1. The highest BCUT2D eigenvalue weighted by Gasteiger charge is 2.31. The lowest BCUT2D eigenvalue weighted by Gasteiger charge is -2.12. The molecule has 114 valence electrons. The highest BCUT2D eigenvalue weighted by molar-refractivity contribution is 7.99. The van der Waals surface area contributed by atoms with Gasteiger partial charge in [-0.2, -0.15) is 13.2 Å². The fourth-order valence-corrected chi connectivity index (χ4v) is 2.53. The summed E-state index contributed by atoms with van der Waals surface area (Å²) in [5.74, 6) is 0.887. The number of rotatable bonds is 5. The normalized spacial score (nSPS) is 11.7. The minimum absolute atomic E-state index is 0.232. The average Bonchev–Trinajstić information content (AvgIpc) is 2.81. The largest absolute Gasteiger partial charge is 0.468 e. The van der Waals surface area contributed by atoms with E-state index in [9.17, 15) is 13.2 Å². The molecule has 2 rings (SSSR count). The van der Waals surface area contributed by atoms with Crippen LogP contribution in [0.25, 0.3) is 0 Å². The first-order chi connectivity index (χ1) is 9.90. The molecule has 0 spiro atoms. The molecular weight excluding hydrogens is 301 g/mol. The number of aromatic nitrogens is 1. The average molecular weight is 316 g/mol. The van der Waals surface area contributed by atoms with Crippen LogP contribution in [0.2, 0.25) is 0 Å². The van der Waals surface area contributed by atoms with E-state index in [1.165, 1.54) is 6.26 Å². The molecular formula is C14H15F3N2OS. The fraction of sp³-hybridized carbons (Fsp3) is 0.357. The highest BCUT2D eigenvalue weighted by Crippen LogP contribution is 2.36. The van der Waals surface area contributed by atoms with Gasteiger partial charge in [-0.1, -0.05) is 18.7 Å². The Morgan fingerprint density at radius 2 is 2.10 bits per heavy atom. The molecule has 0 radical (unpaired) electrons. The molecule has 0 aliphatic rings. The summed E-state index contributed by atoms with van der Waals surface area (Å²) in [6.07, 6.45) is -2.09. The number of pyridine rings is 1. The van der Waals surface area contributed by atoms with E-state index in [0.717, 1.165) is 35.2 Å². The predicted octanol–water partition coefficient (Wildman–Crippen LogP) is 4.97. The molecule has 21 heavy (non-hydrogen) atoms. The fourth-order valence-electron chi connectivity index (χ4n) is 1.66. The number of alkyl halides is 3. The van der Waals surface area contributed by atoms with Crippen molar-refractivity contribution in [2.75, 3.05) is 11.9 Å². The maximum Gasteiger partial charge on any atom is 0.416 e. The summed E-state index contributed by atoms with van der Waals surface area (Å²) in [6, 6.07) is 3.79. The van der Waals surface area contributed by atoms with Crippen molar-refractivity contribution in [1.82, 2.24) is 4.98 Å². The second kappa shape index (κ2) is 6.43. The van der Waals surface area contributed by atoms with Crippen LogP contribution in [0.15, 0.2) is 38.8 Å². The minimum atomic E-state index is -4.40. The van der Waals surface area contributed by atoms with Crippen LogP contribution in [0, 0.1) is 6.92 Å². The first kappa shape index (κ1) is 15.8. The molecule has 7 heteroatoms. The zero-order chi connectivity index (χ0) is 15.5. The van der Waals surface area contributed by atoms with Gasteiger partial charge in [0.25, 0.3) is 0 Å². The molecule has 2 heterocycles. The third-order valence-electron chi connectivity index (χ3n) is 2.71. The Balaban J connectivity index is 2.33. The molecule has 0 amide bonds. The maximum atomic E-state index is 12.9. The van der Waals surface area contributed by atoms with E-state index in [4.69, 9.17) is 4.42 Å². The van der Waals surface area contributed by atoms with Gasteiger partial charge in [0.05, 0.1) is 16.7 Å². The summed E-state index contributed by atoms with van der Waals surface area (Å²) in [5.41, 5.74) is -0.709. The Labute approximate surface area is 124 Å². The quantitative estimate of drug-likeness (QED) is 0.844. The van der Waals surface area contributed by atoms with E-state index >= 15 is 0 Å². The van der Waals surface area contributed by atoms with Crippen LogP contribution in [0.1, 0.15) is 24.7 Å². The zero-order valence-corrected chi connectivity index (χ0v) is 12.4. The van der Waals surface area contributed by atoms with E-state index in [1.54, 1.807) is 13.0 Å². The summed E-state index contributed by atoms with van der Waals surface area (Å²) >= 11 is 1.15. The van der Waals surface area contributed by atoms with Gasteiger partial charge in [-0.25, -0.2) is 4.98 Å². The zero-order valence-electron chi connectivity index (χ0n) is 11.6. The SMILES string of the molecule is CCCNc1cc(C(F)(F)F)cc(Sc2ccoc2C)n1. The van der Waals surface area contributed by atoms with Crippen molar-refractivity contribution in [2.24, 2.45) is 0 Å². The van der Waals surface area contributed by atoms with E-state index in [-0.39, 0.29) is 10.8 Å². The Morgan fingerprint density at radius 3 is 2.67 bits per heavy atom. The van der Waals surface area contributed by atoms with Crippen molar-refractivity contribution in [3.63, 3.8) is 0 Å². The Kier molecular flexibility index (Phi) is 4.82. The van der Waals surface area contributed by atoms with Gasteiger partial charge in [-0.15, -0.1) is 0 Å². The minimum Gasteiger partial charge on any atom is -0.468 e. The van der Waals surface area contributed by atoms with E-state index in [0.29, 0.717) is 12.3 Å². The lowest BCUT2D eigenvalue weighted by atomic mass is 10.2. The summed E-state index contributed by atoms with van der Waals surface area (Å²) in [4.78, 5) is 4.96. The van der Waals surface area contributed by atoms with Gasteiger partial charge >= 0.3 is 6.18 Å². The van der Waals surface area contributed by atoms with Crippen molar-refractivity contribution < 1.29 is 17.6 Å². The lowest BCUT2D eigenvalue weighted by molar-refractivity contribution is -0.137. The molecule has 0 saturated heterocycles. The Morgan fingerprint density at radius 1 is 1.33 bits per heavy atom. The molecule has 0 saturated carbocycles. The second-order valence-electron chi connectivity index (χ2n) is 4.45. The highest BCUT2D eigenvalue weighted by atomic mass is 32.2. The van der Waals surface area contributed by atoms with Gasteiger partial charge in [0.15, 0.2) is 0 Å². The topological polar surface area (TPSA) is 38.1 Å². The van der Waals surface area contributed by atoms with Crippen LogP contribution in [0.5, 0.6) is 0 Å². The number of hydrogen-bond acceptors (Lipinski definition) is 4. The van der Waals surface area contributed by atoms with Crippen LogP contribution in [0.3, 0.4) is 0 Å². The number of anilines is 1. The van der Waals surface area contributed by atoms with Crippen LogP contribution in [-0.2, 0) is 6.18 Å². The van der Waals surface area contributed by atoms with Crippen LogP contribution < -0.4 is 5.32 Å². The predicted molar refractivity (Wildman–Crippen MR) is 75.6 cm³/mol. The number of nitrogens with zero attached hydrogens (tertiary/aromatic N) is 1. The van der Waals surface area contributed by atoms with Gasteiger partial charge < -0.3 is 9.73 Å². The molecule has 0 aliphatic carbocycles. The molecule has 0 aliphatic heterocycles. The first-order valence-corrected chi connectivity index (χ1v) is 7.27. The number of halogens is 3. The van der Waals surface area contributed by atoms with Gasteiger partial charge in [-0.3, -0.25) is 0 Å². The summed E-state index contributed by atoms with van der Waals surface area (Å²) < 4.78 is 44.0.